The molecule has 2 rings (SSSR count). The van der Waals surface area contributed by atoms with E-state index in [1.807, 2.05) is 6.07 Å². The van der Waals surface area contributed by atoms with Crippen LogP contribution in [0.15, 0.2) is 28.7 Å². The highest BCUT2D eigenvalue weighted by molar-refractivity contribution is 9.10. The average Bonchev–Trinajstić information content (AvgIpc) is 2.98. The largest absolute Gasteiger partial charge is 0.461 e. The topological polar surface area (TPSA) is 114 Å². The molecule has 0 aliphatic heterocycles. The van der Waals surface area contributed by atoms with Gasteiger partial charge in [-0.15, -0.1) is 0 Å². The van der Waals surface area contributed by atoms with Crippen LogP contribution in [-0.4, -0.2) is 34.6 Å². The smallest absolute Gasteiger partial charge is 0.373 e. The standard InChI is InChI=1S/C18H20BrNO4.CO2/c1-4-13(21)16-14(10(3)15(20-16)18(23)24-5-2)17(22)11-7-6-8-12(19)9-11;2-1-3/h6-9,13,20-21H,4-5H2,1-3H3;. The zero-order chi connectivity index (χ0) is 20.6. The van der Waals surface area contributed by atoms with Gasteiger partial charge in [0.25, 0.3) is 0 Å². The molecular weight excluding hydrogens is 418 g/mol. The number of carbonyl (C=O) groups excluding carboxylic acids is 4. The molecule has 8 heteroatoms. The van der Waals surface area contributed by atoms with Gasteiger partial charge in [0.2, 0.25) is 0 Å². The van der Waals surface area contributed by atoms with Crippen LogP contribution in [0.25, 0.3) is 0 Å². The lowest BCUT2D eigenvalue weighted by molar-refractivity contribution is -0.191. The van der Waals surface area contributed by atoms with E-state index in [9.17, 15) is 14.7 Å². The lowest BCUT2D eigenvalue weighted by Crippen LogP contribution is -2.09. The summed E-state index contributed by atoms with van der Waals surface area (Å²) >= 11 is 3.35. The summed E-state index contributed by atoms with van der Waals surface area (Å²) in [4.78, 5) is 44.2. The Morgan fingerprint density at radius 3 is 2.44 bits per heavy atom. The molecule has 27 heavy (non-hydrogen) atoms. The zero-order valence-electron chi connectivity index (χ0n) is 15.2. The number of rotatable bonds is 6. The van der Waals surface area contributed by atoms with Gasteiger partial charge in [0.05, 0.1) is 18.4 Å². The van der Waals surface area contributed by atoms with Crippen molar-refractivity contribution in [2.75, 3.05) is 6.61 Å². The van der Waals surface area contributed by atoms with Crippen molar-refractivity contribution in [1.82, 2.24) is 4.98 Å². The van der Waals surface area contributed by atoms with E-state index in [1.54, 1.807) is 39.0 Å². The maximum absolute atomic E-state index is 13.0. The first kappa shape index (κ1) is 22.5. The Hall–Kier alpha value is -2.54. The van der Waals surface area contributed by atoms with Gasteiger partial charge in [-0.3, -0.25) is 4.79 Å². The third-order valence-corrected chi connectivity index (χ3v) is 4.29. The average molecular weight is 438 g/mol. The van der Waals surface area contributed by atoms with Crippen LogP contribution in [-0.2, 0) is 14.3 Å². The number of aromatic nitrogens is 1. The summed E-state index contributed by atoms with van der Waals surface area (Å²) in [5.41, 5.74) is 1.85. The van der Waals surface area contributed by atoms with Crippen molar-refractivity contribution >= 4 is 33.8 Å². The van der Waals surface area contributed by atoms with Gasteiger partial charge < -0.3 is 14.8 Å². The van der Waals surface area contributed by atoms with E-state index in [0.29, 0.717) is 28.8 Å². The van der Waals surface area contributed by atoms with Gasteiger partial charge in [-0.25, -0.2) is 4.79 Å². The predicted octanol–water partition coefficient (Wildman–Crippen LogP) is 3.35. The van der Waals surface area contributed by atoms with Gasteiger partial charge in [-0.05, 0) is 38.0 Å². The fraction of sp³-hybridized carbons (Fsp3) is 0.316. The monoisotopic (exact) mass is 437 g/mol. The molecule has 0 aliphatic carbocycles. The molecule has 144 valence electrons. The number of halogens is 1. The number of ketones is 1. The number of H-pyrrole nitrogens is 1. The molecule has 0 amide bonds. The van der Waals surface area contributed by atoms with E-state index in [2.05, 4.69) is 20.9 Å². The third-order valence-electron chi connectivity index (χ3n) is 3.79. The first-order valence-corrected chi connectivity index (χ1v) is 8.98. The second-order valence-electron chi connectivity index (χ2n) is 5.48. The number of aromatic amines is 1. The highest BCUT2D eigenvalue weighted by Gasteiger charge is 2.28. The lowest BCUT2D eigenvalue weighted by atomic mass is 9.97. The van der Waals surface area contributed by atoms with Crippen LogP contribution in [0.1, 0.15) is 64.0 Å². The maximum atomic E-state index is 13.0. The summed E-state index contributed by atoms with van der Waals surface area (Å²) in [6.45, 7) is 5.43. The van der Waals surface area contributed by atoms with E-state index in [1.165, 1.54) is 0 Å². The Balaban J connectivity index is 0.00000114. The molecule has 7 nitrogen and oxygen atoms in total. The SMILES string of the molecule is CCOC(=O)c1[nH]c(C(O)CC)c(C(=O)c2cccc(Br)c2)c1C.O=C=O. The van der Waals surface area contributed by atoms with Crippen molar-refractivity contribution in [3.63, 3.8) is 0 Å². The second kappa shape index (κ2) is 10.6. The summed E-state index contributed by atoms with van der Waals surface area (Å²) in [5.74, 6) is -0.782. The van der Waals surface area contributed by atoms with Crippen molar-refractivity contribution in [2.45, 2.75) is 33.3 Å². The number of esters is 1. The molecule has 0 bridgehead atoms. The Morgan fingerprint density at radius 1 is 1.30 bits per heavy atom. The van der Waals surface area contributed by atoms with E-state index in [0.717, 1.165) is 4.47 Å². The molecule has 1 unspecified atom stereocenters. The van der Waals surface area contributed by atoms with E-state index >= 15 is 0 Å². The summed E-state index contributed by atoms with van der Waals surface area (Å²) in [7, 11) is 0. The quantitative estimate of drug-likeness (QED) is 0.528. The van der Waals surface area contributed by atoms with Crippen LogP contribution in [0.3, 0.4) is 0 Å². The molecule has 0 spiro atoms. The molecule has 0 radical (unpaired) electrons. The molecule has 0 saturated heterocycles. The Bertz CT molecular complexity index is 852. The van der Waals surface area contributed by atoms with E-state index in [4.69, 9.17) is 14.3 Å². The molecule has 0 saturated carbocycles. The van der Waals surface area contributed by atoms with Crippen molar-refractivity contribution in [2.24, 2.45) is 0 Å². The fourth-order valence-electron chi connectivity index (χ4n) is 2.55. The Kier molecular flexibility index (Phi) is 8.81. The van der Waals surface area contributed by atoms with Crippen LogP contribution in [0.2, 0.25) is 0 Å². The zero-order valence-corrected chi connectivity index (χ0v) is 16.8. The normalized spacial score (nSPS) is 11.0. The maximum Gasteiger partial charge on any atom is 0.373 e. The summed E-state index contributed by atoms with van der Waals surface area (Å²) in [6.07, 6.45) is -0.195. The van der Waals surface area contributed by atoms with Gasteiger partial charge in [-0.2, -0.15) is 9.59 Å². The number of nitrogens with one attached hydrogen (secondary N) is 1. The summed E-state index contributed by atoms with van der Waals surface area (Å²) in [6, 6.07) is 7.00. The number of aliphatic hydroxyl groups excluding tert-OH is 1. The second-order valence-corrected chi connectivity index (χ2v) is 6.40. The number of aliphatic hydroxyl groups is 1. The number of ether oxygens (including phenoxy) is 1. The molecule has 1 aromatic heterocycles. The van der Waals surface area contributed by atoms with E-state index in [-0.39, 0.29) is 24.2 Å². The number of hydrogen-bond donors (Lipinski definition) is 2. The third kappa shape index (κ3) is 5.47. The minimum absolute atomic E-state index is 0.206. The minimum Gasteiger partial charge on any atom is -0.461 e. The van der Waals surface area contributed by atoms with Crippen LogP contribution >= 0.6 is 15.9 Å². The summed E-state index contributed by atoms with van der Waals surface area (Å²) in [5, 5.41) is 10.3. The molecular formula is C19H20BrNO6. The van der Waals surface area contributed by atoms with Crippen molar-refractivity contribution in [3.05, 3.63) is 56.8 Å². The number of benzene rings is 1. The van der Waals surface area contributed by atoms with Gasteiger partial charge in [0.1, 0.15) is 5.69 Å². The molecule has 2 aromatic rings. The highest BCUT2D eigenvalue weighted by Crippen LogP contribution is 2.29. The van der Waals surface area contributed by atoms with Crippen LogP contribution < -0.4 is 0 Å². The number of carbonyl (C=O) groups is 2. The van der Waals surface area contributed by atoms with Gasteiger partial charge >= 0.3 is 12.1 Å². The van der Waals surface area contributed by atoms with Crippen molar-refractivity contribution < 1.29 is 29.0 Å². The molecule has 0 fully saturated rings. The molecule has 2 N–H and O–H groups in total. The van der Waals surface area contributed by atoms with Crippen LogP contribution in [0.5, 0.6) is 0 Å². The number of hydrogen-bond acceptors (Lipinski definition) is 6. The van der Waals surface area contributed by atoms with Crippen LogP contribution in [0.4, 0.5) is 0 Å². The van der Waals surface area contributed by atoms with Crippen molar-refractivity contribution in [3.8, 4) is 0 Å². The Morgan fingerprint density at radius 2 is 1.93 bits per heavy atom. The first-order chi connectivity index (χ1) is 12.8. The summed E-state index contributed by atoms with van der Waals surface area (Å²) < 4.78 is 5.81. The van der Waals surface area contributed by atoms with Crippen LogP contribution in [0, 0.1) is 6.92 Å². The highest BCUT2D eigenvalue weighted by atomic mass is 79.9. The van der Waals surface area contributed by atoms with Gasteiger partial charge in [0.15, 0.2) is 5.78 Å². The van der Waals surface area contributed by atoms with E-state index < -0.39 is 12.1 Å². The lowest BCUT2D eigenvalue weighted by Gasteiger charge is -2.10. The fourth-order valence-corrected chi connectivity index (χ4v) is 2.95. The minimum atomic E-state index is -0.863. The predicted molar refractivity (Wildman–Crippen MR) is 99.3 cm³/mol. The van der Waals surface area contributed by atoms with Gasteiger partial charge in [0, 0.05) is 15.6 Å². The Labute approximate surface area is 164 Å². The molecule has 1 aromatic carbocycles. The van der Waals surface area contributed by atoms with Crippen molar-refractivity contribution in [1.29, 1.82) is 0 Å². The van der Waals surface area contributed by atoms with Gasteiger partial charge in [-0.1, -0.05) is 35.0 Å². The molecule has 1 atom stereocenters. The molecule has 0 aliphatic rings. The molecule has 1 heterocycles. The first-order valence-electron chi connectivity index (χ1n) is 8.19.